The third kappa shape index (κ3) is 3.39. The molecule has 1 aromatic carbocycles. The maximum atomic E-state index is 11.4. The number of hydrogen-bond acceptors (Lipinski definition) is 4. The normalized spacial score (nSPS) is 14.5. The SMILES string of the molecule is CCOC(=O)/C=C/c1cc(C#N)ccc1N1CCCC1. The Bertz CT molecular complexity index is 552. The second-order valence-electron chi connectivity index (χ2n) is 4.66. The van der Waals surface area contributed by atoms with E-state index in [1.165, 1.54) is 18.9 Å². The number of hydrogen-bond donors (Lipinski definition) is 0. The summed E-state index contributed by atoms with van der Waals surface area (Å²) in [4.78, 5) is 13.7. The standard InChI is InChI=1S/C16H18N2O2/c1-2-20-16(19)8-6-14-11-13(12-17)5-7-15(14)18-9-3-4-10-18/h5-8,11H,2-4,9-10H2,1H3/b8-6+. The molecule has 0 unspecified atom stereocenters. The Morgan fingerprint density at radius 2 is 2.20 bits per heavy atom. The minimum atomic E-state index is -0.359. The summed E-state index contributed by atoms with van der Waals surface area (Å²) in [6, 6.07) is 7.71. The fraction of sp³-hybridized carbons (Fsp3) is 0.375. The predicted molar refractivity (Wildman–Crippen MR) is 78.3 cm³/mol. The number of rotatable bonds is 4. The Balaban J connectivity index is 2.27. The average Bonchev–Trinajstić information content (AvgIpc) is 2.99. The number of benzene rings is 1. The van der Waals surface area contributed by atoms with E-state index in [1.807, 2.05) is 18.2 Å². The van der Waals surface area contributed by atoms with Crippen molar-refractivity contribution in [3.05, 3.63) is 35.4 Å². The van der Waals surface area contributed by atoms with Crippen LogP contribution in [0.5, 0.6) is 0 Å². The molecule has 0 aromatic heterocycles. The molecule has 0 saturated carbocycles. The van der Waals surface area contributed by atoms with Crippen molar-refractivity contribution in [1.82, 2.24) is 0 Å². The lowest BCUT2D eigenvalue weighted by Crippen LogP contribution is -2.18. The fourth-order valence-electron chi connectivity index (χ4n) is 2.35. The summed E-state index contributed by atoms with van der Waals surface area (Å²) in [6.45, 7) is 4.18. The Morgan fingerprint density at radius 3 is 2.85 bits per heavy atom. The van der Waals surface area contributed by atoms with Crippen LogP contribution in [0.25, 0.3) is 6.08 Å². The van der Waals surface area contributed by atoms with Gasteiger partial charge in [-0.05, 0) is 49.6 Å². The Hall–Kier alpha value is -2.28. The van der Waals surface area contributed by atoms with Crippen LogP contribution in [0.15, 0.2) is 24.3 Å². The van der Waals surface area contributed by atoms with Gasteiger partial charge < -0.3 is 9.64 Å². The molecule has 1 aliphatic heterocycles. The second-order valence-corrected chi connectivity index (χ2v) is 4.66. The summed E-state index contributed by atoms with van der Waals surface area (Å²) in [5.41, 5.74) is 2.55. The van der Waals surface area contributed by atoms with Crippen LogP contribution in [-0.2, 0) is 9.53 Å². The maximum Gasteiger partial charge on any atom is 0.330 e. The molecule has 2 rings (SSSR count). The number of carbonyl (C=O) groups excluding carboxylic acids is 1. The van der Waals surface area contributed by atoms with Crippen LogP contribution in [0.1, 0.15) is 30.9 Å². The highest BCUT2D eigenvalue weighted by Crippen LogP contribution is 2.26. The van der Waals surface area contributed by atoms with E-state index in [9.17, 15) is 4.79 Å². The van der Waals surface area contributed by atoms with Gasteiger partial charge in [0.05, 0.1) is 18.2 Å². The minimum absolute atomic E-state index is 0.359. The largest absolute Gasteiger partial charge is 0.463 e. The van der Waals surface area contributed by atoms with Gasteiger partial charge in [0.15, 0.2) is 0 Å². The third-order valence-electron chi connectivity index (χ3n) is 3.29. The molecule has 4 nitrogen and oxygen atoms in total. The van der Waals surface area contributed by atoms with Crippen LogP contribution >= 0.6 is 0 Å². The first kappa shape index (κ1) is 14.1. The van der Waals surface area contributed by atoms with E-state index in [0.29, 0.717) is 12.2 Å². The van der Waals surface area contributed by atoms with Crippen LogP contribution < -0.4 is 4.90 Å². The molecule has 20 heavy (non-hydrogen) atoms. The van der Waals surface area contributed by atoms with Crippen molar-refractivity contribution in [2.24, 2.45) is 0 Å². The minimum Gasteiger partial charge on any atom is -0.463 e. The highest BCUT2D eigenvalue weighted by molar-refractivity contribution is 5.88. The van der Waals surface area contributed by atoms with Gasteiger partial charge in [0, 0.05) is 24.9 Å². The molecule has 0 spiro atoms. The molecule has 1 aromatic rings. The van der Waals surface area contributed by atoms with E-state index in [0.717, 1.165) is 24.3 Å². The number of anilines is 1. The van der Waals surface area contributed by atoms with E-state index in [2.05, 4.69) is 11.0 Å². The van der Waals surface area contributed by atoms with Crippen molar-refractivity contribution in [1.29, 1.82) is 5.26 Å². The van der Waals surface area contributed by atoms with Crippen molar-refractivity contribution in [2.75, 3.05) is 24.6 Å². The van der Waals surface area contributed by atoms with Crippen LogP contribution in [0.3, 0.4) is 0 Å². The first-order valence-electron chi connectivity index (χ1n) is 6.88. The van der Waals surface area contributed by atoms with E-state index in [-0.39, 0.29) is 5.97 Å². The summed E-state index contributed by atoms with van der Waals surface area (Å²) in [5, 5.41) is 9.00. The van der Waals surface area contributed by atoms with E-state index < -0.39 is 0 Å². The quantitative estimate of drug-likeness (QED) is 0.623. The van der Waals surface area contributed by atoms with Crippen molar-refractivity contribution in [3.8, 4) is 6.07 Å². The number of nitrogens with zero attached hydrogens (tertiary/aromatic N) is 2. The molecule has 0 N–H and O–H groups in total. The monoisotopic (exact) mass is 270 g/mol. The maximum absolute atomic E-state index is 11.4. The number of nitriles is 1. The molecule has 1 aliphatic rings. The van der Waals surface area contributed by atoms with Crippen molar-refractivity contribution in [3.63, 3.8) is 0 Å². The summed E-state index contributed by atoms with van der Waals surface area (Å²) < 4.78 is 4.88. The van der Waals surface area contributed by atoms with E-state index in [1.54, 1.807) is 13.0 Å². The van der Waals surface area contributed by atoms with Gasteiger partial charge in [-0.25, -0.2) is 4.79 Å². The van der Waals surface area contributed by atoms with Crippen LogP contribution in [0.4, 0.5) is 5.69 Å². The Labute approximate surface area is 119 Å². The van der Waals surface area contributed by atoms with Crippen molar-refractivity contribution >= 4 is 17.7 Å². The molecular weight excluding hydrogens is 252 g/mol. The molecule has 1 fully saturated rings. The van der Waals surface area contributed by atoms with Gasteiger partial charge in [-0.2, -0.15) is 5.26 Å². The molecule has 0 aliphatic carbocycles. The molecular formula is C16H18N2O2. The lowest BCUT2D eigenvalue weighted by atomic mass is 10.1. The third-order valence-corrected chi connectivity index (χ3v) is 3.29. The van der Waals surface area contributed by atoms with E-state index in [4.69, 9.17) is 10.00 Å². The number of ether oxygens (including phenoxy) is 1. The van der Waals surface area contributed by atoms with Gasteiger partial charge in [0.2, 0.25) is 0 Å². The first-order valence-corrected chi connectivity index (χ1v) is 6.88. The molecule has 0 bridgehead atoms. The Kier molecular flexibility index (Phi) is 4.78. The highest BCUT2D eigenvalue weighted by Gasteiger charge is 2.15. The summed E-state index contributed by atoms with van der Waals surface area (Å²) in [7, 11) is 0. The van der Waals surface area contributed by atoms with E-state index >= 15 is 0 Å². The molecule has 1 heterocycles. The predicted octanol–water partition coefficient (Wildman–Crippen LogP) is 2.73. The molecule has 0 amide bonds. The summed E-state index contributed by atoms with van der Waals surface area (Å²) in [6.07, 6.45) is 5.51. The molecule has 0 atom stereocenters. The van der Waals surface area contributed by atoms with Gasteiger partial charge in [-0.3, -0.25) is 0 Å². The Morgan fingerprint density at radius 1 is 1.45 bits per heavy atom. The van der Waals surface area contributed by atoms with Gasteiger partial charge in [-0.1, -0.05) is 0 Å². The van der Waals surface area contributed by atoms with Crippen LogP contribution in [-0.4, -0.2) is 25.7 Å². The molecule has 104 valence electrons. The highest BCUT2D eigenvalue weighted by atomic mass is 16.5. The lowest BCUT2D eigenvalue weighted by molar-refractivity contribution is -0.137. The molecule has 4 heteroatoms. The van der Waals surface area contributed by atoms with Gasteiger partial charge in [0.25, 0.3) is 0 Å². The van der Waals surface area contributed by atoms with Crippen LogP contribution in [0.2, 0.25) is 0 Å². The van der Waals surface area contributed by atoms with Gasteiger partial charge in [0.1, 0.15) is 0 Å². The number of carbonyl (C=O) groups is 1. The lowest BCUT2D eigenvalue weighted by Gasteiger charge is -2.20. The summed E-state index contributed by atoms with van der Waals surface area (Å²) >= 11 is 0. The van der Waals surface area contributed by atoms with Crippen molar-refractivity contribution in [2.45, 2.75) is 19.8 Å². The fourth-order valence-corrected chi connectivity index (χ4v) is 2.35. The summed E-state index contributed by atoms with van der Waals surface area (Å²) in [5.74, 6) is -0.359. The zero-order valence-corrected chi connectivity index (χ0v) is 11.6. The first-order chi connectivity index (χ1) is 9.74. The van der Waals surface area contributed by atoms with Gasteiger partial charge >= 0.3 is 5.97 Å². The molecule has 1 saturated heterocycles. The molecule has 0 radical (unpaired) electrons. The zero-order chi connectivity index (χ0) is 14.4. The van der Waals surface area contributed by atoms with Crippen LogP contribution in [0, 0.1) is 11.3 Å². The number of esters is 1. The topological polar surface area (TPSA) is 53.3 Å². The average molecular weight is 270 g/mol. The van der Waals surface area contributed by atoms with Crippen molar-refractivity contribution < 1.29 is 9.53 Å². The smallest absolute Gasteiger partial charge is 0.330 e. The zero-order valence-electron chi connectivity index (χ0n) is 11.6. The second kappa shape index (κ2) is 6.76. The van der Waals surface area contributed by atoms with Gasteiger partial charge in [-0.15, -0.1) is 0 Å².